The lowest BCUT2D eigenvalue weighted by Crippen LogP contribution is -2.29. The number of hydrogen-bond acceptors (Lipinski definition) is 5. The van der Waals surface area contributed by atoms with Crippen LogP contribution in [0.3, 0.4) is 0 Å². The number of aryl methyl sites for hydroxylation is 2. The van der Waals surface area contributed by atoms with Gasteiger partial charge in [-0.3, -0.25) is 14.3 Å². The number of benzene rings is 1. The van der Waals surface area contributed by atoms with Gasteiger partial charge in [0.2, 0.25) is 5.95 Å². The summed E-state index contributed by atoms with van der Waals surface area (Å²) in [5.41, 5.74) is 4.71. The second kappa shape index (κ2) is 14.2. The van der Waals surface area contributed by atoms with E-state index in [2.05, 4.69) is 27.4 Å². The average Bonchev–Trinajstić information content (AvgIpc) is 3.25. The maximum Gasteiger partial charge on any atom is 0.329 e. The molecule has 0 amide bonds. The Morgan fingerprint density at radius 1 is 1.00 bits per heavy atom. The van der Waals surface area contributed by atoms with Gasteiger partial charge in [0, 0.05) is 13.6 Å². The number of unbranched alkanes of at least 4 members (excludes halogenated alkanes) is 9. The summed E-state index contributed by atoms with van der Waals surface area (Å²) < 4.78 is 3.21. The molecule has 0 saturated heterocycles. The third-order valence-corrected chi connectivity index (χ3v) is 6.39. The molecule has 2 aromatic heterocycles. The van der Waals surface area contributed by atoms with Crippen LogP contribution in [0.1, 0.15) is 83.6 Å². The Morgan fingerprint density at radius 3 is 2.31 bits per heavy atom. The van der Waals surface area contributed by atoms with Crippen LogP contribution in [0.2, 0.25) is 0 Å². The maximum atomic E-state index is 12.7. The molecular weight excluding hydrogens is 452 g/mol. The third kappa shape index (κ3) is 7.80. The highest BCUT2D eigenvalue weighted by Gasteiger charge is 2.17. The van der Waals surface area contributed by atoms with Crippen LogP contribution in [-0.4, -0.2) is 24.8 Å². The number of allylic oxidation sites excluding steroid dienone is 1. The van der Waals surface area contributed by atoms with E-state index in [0.717, 1.165) is 24.1 Å². The van der Waals surface area contributed by atoms with Gasteiger partial charge in [-0.2, -0.15) is 10.1 Å². The topological polar surface area (TPSA) is 97.1 Å². The van der Waals surface area contributed by atoms with Gasteiger partial charge in [0.25, 0.3) is 5.56 Å². The minimum absolute atomic E-state index is 0.353. The zero-order valence-electron chi connectivity index (χ0n) is 21.9. The number of aromatic nitrogens is 4. The molecule has 1 aromatic carbocycles. The van der Waals surface area contributed by atoms with Crippen molar-refractivity contribution in [3.05, 3.63) is 62.8 Å². The summed E-state index contributed by atoms with van der Waals surface area (Å²) in [5.74, 6) is 0.458. The van der Waals surface area contributed by atoms with E-state index in [1.807, 2.05) is 54.0 Å². The summed E-state index contributed by atoms with van der Waals surface area (Å²) in [6.07, 6.45) is 16.3. The summed E-state index contributed by atoms with van der Waals surface area (Å²) in [6, 6.07) is 10.0. The zero-order valence-corrected chi connectivity index (χ0v) is 21.9. The van der Waals surface area contributed by atoms with Crippen molar-refractivity contribution in [2.24, 2.45) is 12.1 Å². The van der Waals surface area contributed by atoms with E-state index in [9.17, 15) is 9.59 Å². The van der Waals surface area contributed by atoms with Crippen molar-refractivity contribution >= 4 is 28.9 Å². The van der Waals surface area contributed by atoms with Crippen molar-refractivity contribution in [3.63, 3.8) is 0 Å². The number of nitrogens with one attached hydrogen (secondary N) is 2. The Bertz CT molecular complexity index is 1270. The average molecular weight is 493 g/mol. The summed E-state index contributed by atoms with van der Waals surface area (Å²) in [4.78, 5) is 31.7. The van der Waals surface area contributed by atoms with Crippen molar-refractivity contribution < 1.29 is 0 Å². The monoisotopic (exact) mass is 492 g/mol. The van der Waals surface area contributed by atoms with Crippen molar-refractivity contribution in [1.82, 2.24) is 19.1 Å². The number of H-pyrrole nitrogens is 1. The molecule has 0 bridgehead atoms. The van der Waals surface area contributed by atoms with Crippen LogP contribution in [0.4, 0.5) is 5.95 Å². The van der Waals surface area contributed by atoms with E-state index >= 15 is 0 Å². The maximum absolute atomic E-state index is 12.7. The molecule has 0 saturated carbocycles. The van der Waals surface area contributed by atoms with E-state index in [1.54, 1.807) is 7.05 Å². The van der Waals surface area contributed by atoms with Crippen molar-refractivity contribution in [3.8, 4) is 0 Å². The number of hydrazone groups is 1. The van der Waals surface area contributed by atoms with Crippen LogP contribution in [0, 0.1) is 0 Å². The molecule has 0 atom stereocenters. The smallest absolute Gasteiger partial charge is 0.303 e. The summed E-state index contributed by atoms with van der Waals surface area (Å²) in [5, 5.41) is 4.44. The summed E-state index contributed by atoms with van der Waals surface area (Å²) in [6.45, 7) is 4.77. The first-order valence-corrected chi connectivity index (χ1v) is 13.2. The van der Waals surface area contributed by atoms with Crippen LogP contribution in [-0.2, 0) is 13.6 Å². The second-order valence-electron chi connectivity index (χ2n) is 9.37. The molecule has 36 heavy (non-hydrogen) atoms. The molecule has 0 aliphatic rings. The minimum atomic E-state index is -0.479. The Morgan fingerprint density at radius 2 is 1.64 bits per heavy atom. The van der Waals surface area contributed by atoms with Gasteiger partial charge in [0.05, 0.1) is 5.71 Å². The molecule has 8 nitrogen and oxygen atoms in total. The Balaban J connectivity index is 1.66. The van der Waals surface area contributed by atoms with E-state index in [4.69, 9.17) is 0 Å². The molecule has 0 fully saturated rings. The molecule has 3 rings (SSSR count). The van der Waals surface area contributed by atoms with Crippen LogP contribution < -0.4 is 16.7 Å². The van der Waals surface area contributed by atoms with Crippen molar-refractivity contribution in [2.45, 2.75) is 84.6 Å². The molecule has 0 aliphatic heterocycles. The van der Waals surface area contributed by atoms with Gasteiger partial charge in [-0.05, 0) is 25.0 Å². The van der Waals surface area contributed by atoms with Gasteiger partial charge < -0.3 is 4.57 Å². The first kappa shape index (κ1) is 27.2. The number of nitrogens with zero attached hydrogens (tertiary/aromatic N) is 4. The van der Waals surface area contributed by atoms with Crippen LogP contribution >= 0.6 is 0 Å². The second-order valence-corrected chi connectivity index (χ2v) is 9.37. The van der Waals surface area contributed by atoms with Crippen LogP contribution in [0.15, 0.2) is 51.1 Å². The predicted molar refractivity (Wildman–Crippen MR) is 150 cm³/mol. The quantitative estimate of drug-likeness (QED) is 0.158. The molecule has 2 heterocycles. The van der Waals surface area contributed by atoms with E-state index in [0.29, 0.717) is 23.7 Å². The molecule has 3 aromatic rings. The molecule has 0 radical (unpaired) electrons. The molecule has 8 heteroatoms. The van der Waals surface area contributed by atoms with E-state index in [1.165, 1.54) is 55.9 Å². The number of fused-ring (bicyclic) bond motifs is 1. The molecular formula is C28H40N6O2. The Labute approximate surface area is 213 Å². The van der Waals surface area contributed by atoms with Crippen molar-refractivity contribution in [1.29, 1.82) is 0 Å². The van der Waals surface area contributed by atoms with E-state index < -0.39 is 11.2 Å². The highest BCUT2D eigenvalue weighted by molar-refractivity contribution is 5.96. The van der Waals surface area contributed by atoms with Crippen LogP contribution in [0.5, 0.6) is 0 Å². The van der Waals surface area contributed by atoms with Gasteiger partial charge >= 0.3 is 5.69 Å². The molecule has 2 N–H and O–H groups in total. The number of anilines is 1. The number of hydrogen-bond donors (Lipinski definition) is 2. The van der Waals surface area contributed by atoms with Gasteiger partial charge in [0.15, 0.2) is 11.2 Å². The predicted octanol–water partition coefficient (Wildman–Crippen LogP) is 5.85. The number of imidazole rings is 1. The lowest BCUT2D eigenvalue weighted by atomic mass is 10.1. The Hall–Kier alpha value is -3.42. The van der Waals surface area contributed by atoms with Gasteiger partial charge in [-0.25, -0.2) is 10.2 Å². The number of rotatable bonds is 15. The fraction of sp³-hybridized carbons (Fsp3) is 0.500. The first-order chi connectivity index (χ1) is 17.5. The third-order valence-electron chi connectivity index (χ3n) is 6.39. The fourth-order valence-electron chi connectivity index (χ4n) is 4.25. The van der Waals surface area contributed by atoms with Gasteiger partial charge in [-0.1, -0.05) is 101 Å². The van der Waals surface area contributed by atoms with Gasteiger partial charge in [-0.15, -0.1) is 0 Å². The van der Waals surface area contributed by atoms with Crippen LogP contribution in [0.25, 0.3) is 17.2 Å². The van der Waals surface area contributed by atoms with E-state index in [-0.39, 0.29) is 0 Å². The standard InChI is InChI=1S/C28H40N6O2/c1-4-5-6-7-8-9-10-11-12-16-21-34-24-25(33(3)28(36)30-26(24)35)29-27(34)32-31-22(2)19-20-23-17-14-13-15-18-23/h13-15,17-20H,4-12,16,21H2,1-3H3,(H,29,32)(H,30,35,36)/b20-19+,31-22-. The zero-order chi connectivity index (χ0) is 25.8. The molecule has 0 unspecified atom stereocenters. The van der Waals surface area contributed by atoms with Crippen molar-refractivity contribution in [2.75, 3.05) is 5.43 Å². The molecule has 0 spiro atoms. The van der Waals surface area contributed by atoms with Gasteiger partial charge in [0.1, 0.15) is 0 Å². The Kier molecular flexibility index (Phi) is 10.7. The first-order valence-electron chi connectivity index (χ1n) is 13.2. The minimum Gasteiger partial charge on any atom is -0.303 e. The molecule has 0 aliphatic carbocycles. The number of aromatic amines is 1. The lowest BCUT2D eigenvalue weighted by molar-refractivity contribution is 0.538. The normalized spacial score (nSPS) is 12.1. The summed E-state index contributed by atoms with van der Waals surface area (Å²) >= 11 is 0. The summed E-state index contributed by atoms with van der Waals surface area (Å²) in [7, 11) is 1.61. The fourth-order valence-corrected chi connectivity index (χ4v) is 4.25. The lowest BCUT2D eigenvalue weighted by Gasteiger charge is -2.08. The largest absolute Gasteiger partial charge is 0.329 e. The molecule has 194 valence electrons. The highest BCUT2D eigenvalue weighted by atomic mass is 16.2. The SMILES string of the molecule is CCCCCCCCCCCCn1c(N/N=C(C)\C=C\c2ccccc2)nc2c1c(=O)[nH]c(=O)n2C. The highest BCUT2D eigenvalue weighted by Crippen LogP contribution is 2.18.